The Morgan fingerprint density at radius 2 is 2.12 bits per heavy atom. The summed E-state index contributed by atoms with van der Waals surface area (Å²) in [4.78, 5) is 22.6. The van der Waals surface area contributed by atoms with Crippen LogP contribution in [0, 0.1) is 0 Å². The van der Waals surface area contributed by atoms with E-state index in [2.05, 4.69) is 15.4 Å². The first-order valence-corrected chi connectivity index (χ1v) is 7.39. The van der Waals surface area contributed by atoms with Crippen molar-refractivity contribution in [3.05, 3.63) is 0 Å². The lowest BCUT2D eigenvalue weighted by molar-refractivity contribution is -0.142. The first kappa shape index (κ1) is 15.4. The maximum Gasteiger partial charge on any atom is 0.329 e. The number of amides is 2. The fourth-order valence-electron chi connectivity index (χ4n) is 0.930. The van der Waals surface area contributed by atoms with E-state index < -0.39 is 12.0 Å². The molecule has 0 fully saturated rings. The van der Waals surface area contributed by atoms with Gasteiger partial charge in [0.2, 0.25) is 0 Å². The lowest BCUT2D eigenvalue weighted by atomic mass is 10.3. The molecular weight excluding hydrogens is 248 g/mol. The molecule has 0 radical (unpaired) electrons. The molecule has 0 aliphatic heterocycles. The molecule has 0 aromatic carbocycles. The third-order valence-electron chi connectivity index (χ3n) is 1.61. The fourth-order valence-corrected chi connectivity index (χ4v) is 2.44. The van der Waals surface area contributed by atoms with Crippen LogP contribution in [0.2, 0.25) is 0 Å². The van der Waals surface area contributed by atoms with Crippen LogP contribution in [0.15, 0.2) is 0 Å². The highest BCUT2D eigenvalue weighted by molar-refractivity contribution is 8.15. The minimum absolute atomic E-state index is 0.345. The second kappa shape index (κ2) is 9.65. The van der Waals surface area contributed by atoms with Crippen LogP contribution in [0.4, 0.5) is 4.79 Å². The highest BCUT2D eigenvalue weighted by atomic mass is 32.2. The van der Waals surface area contributed by atoms with Gasteiger partial charge in [-0.05, 0) is 13.2 Å². The number of urea groups is 1. The van der Waals surface area contributed by atoms with Crippen molar-refractivity contribution in [1.29, 1.82) is 0 Å². The third kappa shape index (κ3) is 6.84. The summed E-state index contributed by atoms with van der Waals surface area (Å²) in [6.45, 7) is 2.34. The SMILES string of the molecule is CCNC(=O)N[C@H](CSCSC)C(=O)OC. The molecule has 0 bridgehead atoms. The van der Waals surface area contributed by atoms with E-state index >= 15 is 0 Å². The van der Waals surface area contributed by atoms with Crippen molar-refractivity contribution in [2.75, 3.05) is 30.7 Å². The Bertz CT molecular complexity index is 227. The molecule has 0 unspecified atom stereocenters. The summed E-state index contributed by atoms with van der Waals surface area (Å²) in [7, 11) is 1.31. The van der Waals surface area contributed by atoms with Gasteiger partial charge in [-0.1, -0.05) is 0 Å². The second-order valence-corrected chi connectivity index (χ2v) is 5.12. The molecule has 2 amide bonds. The number of hydrogen-bond acceptors (Lipinski definition) is 5. The van der Waals surface area contributed by atoms with E-state index in [0.29, 0.717) is 12.3 Å². The molecule has 16 heavy (non-hydrogen) atoms. The zero-order chi connectivity index (χ0) is 12.4. The molecule has 2 N–H and O–H groups in total. The highest BCUT2D eigenvalue weighted by Gasteiger charge is 2.20. The predicted octanol–water partition coefficient (Wildman–Crippen LogP) is 0.901. The van der Waals surface area contributed by atoms with Gasteiger partial charge in [-0.3, -0.25) is 0 Å². The van der Waals surface area contributed by atoms with E-state index in [9.17, 15) is 9.59 Å². The Balaban J connectivity index is 4.09. The Kier molecular flexibility index (Phi) is 9.31. The van der Waals surface area contributed by atoms with E-state index in [0.717, 1.165) is 5.08 Å². The van der Waals surface area contributed by atoms with Crippen molar-refractivity contribution in [1.82, 2.24) is 10.6 Å². The number of carbonyl (C=O) groups is 2. The summed E-state index contributed by atoms with van der Waals surface area (Å²) in [5.74, 6) is 0.102. The Labute approximate surface area is 104 Å². The van der Waals surface area contributed by atoms with Crippen molar-refractivity contribution in [2.45, 2.75) is 13.0 Å². The molecule has 0 rings (SSSR count). The molecule has 5 nitrogen and oxygen atoms in total. The minimum Gasteiger partial charge on any atom is -0.467 e. The molecular formula is C9H18N2O3S2. The fraction of sp³-hybridized carbons (Fsp3) is 0.778. The van der Waals surface area contributed by atoms with Gasteiger partial charge in [0.1, 0.15) is 6.04 Å². The van der Waals surface area contributed by atoms with Gasteiger partial charge >= 0.3 is 12.0 Å². The molecule has 0 aromatic heterocycles. The van der Waals surface area contributed by atoms with Crippen LogP contribution in [0.3, 0.4) is 0 Å². The minimum atomic E-state index is -0.589. The average molecular weight is 266 g/mol. The number of methoxy groups -OCH3 is 1. The Morgan fingerprint density at radius 3 is 2.62 bits per heavy atom. The highest BCUT2D eigenvalue weighted by Crippen LogP contribution is 2.10. The summed E-state index contributed by atoms with van der Waals surface area (Å²) in [6.07, 6.45) is 1.98. The van der Waals surface area contributed by atoms with E-state index in [1.165, 1.54) is 7.11 Å². The van der Waals surface area contributed by atoms with Crippen molar-refractivity contribution in [2.24, 2.45) is 0 Å². The number of thioether (sulfide) groups is 2. The molecule has 0 spiro atoms. The van der Waals surface area contributed by atoms with Crippen molar-refractivity contribution < 1.29 is 14.3 Å². The van der Waals surface area contributed by atoms with Crippen molar-refractivity contribution in [3.63, 3.8) is 0 Å². The van der Waals surface area contributed by atoms with E-state index in [-0.39, 0.29) is 6.03 Å². The maximum atomic E-state index is 11.4. The molecule has 0 aliphatic rings. The topological polar surface area (TPSA) is 67.4 Å². The van der Waals surface area contributed by atoms with E-state index in [1.54, 1.807) is 23.5 Å². The van der Waals surface area contributed by atoms with Gasteiger partial charge in [-0.2, -0.15) is 11.8 Å². The van der Waals surface area contributed by atoms with Crippen LogP contribution in [0.5, 0.6) is 0 Å². The molecule has 0 aromatic rings. The summed E-state index contributed by atoms with van der Waals surface area (Å²) in [5, 5.41) is 6.03. The van der Waals surface area contributed by atoms with Crippen LogP contribution < -0.4 is 10.6 Å². The quantitative estimate of drug-likeness (QED) is 0.407. The molecule has 94 valence electrons. The first-order valence-electron chi connectivity index (χ1n) is 4.84. The largest absolute Gasteiger partial charge is 0.467 e. The van der Waals surface area contributed by atoms with E-state index in [1.807, 2.05) is 13.2 Å². The predicted molar refractivity (Wildman–Crippen MR) is 68.9 cm³/mol. The molecule has 0 saturated heterocycles. The number of rotatable bonds is 7. The summed E-state index contributed by atoms with van der Waals surface area (Å²) < 4.78 is 4.62. The lowest BCUT2D eigenvalue weighted by Gasteiger charge is -2.15. The number of esters is 1. The molecule has 0 heterocycles. The van der Waals surface area contributed by atoms with Gasteiger partial charge in [-0.15, -0.1) is 11.8 Å². The average Bonchev–Trinajstić information content (AvgIpc) is 2.27. The normalized spacial score (nSPS) is 11.7. The number of ether oxygens (including phenoxy) is 1. The summed E-state index contributed by atoms with van der Waals surface area (Å²) in [6, 6.07) is -0.934. The number of hydrogen-bond donors (Lipinski definition) is 2. The van der Waals surface area contributed by atoms with Crippen molar-refractivity contribution >= 4 is 35.5 Å². The zero-order valence-corrected chi connectivity index (χ0v) is 11.4. The van der Waals surface area contributed by atoms with Crippen LogP contribution in [0.25, 0.3) is 0 Å². The van der Waals surface area contributed by atoms with E-state index in [4.69, 9.17) is 0 Å². The van der Waals surface area contributed by atoms with Crippen LogP contribution in [0.1, 0.15) is 6.92 Å². The van der Waals surface area contributed by atoms with Crippen LogP contribution >= 0.6 is 23.5 Å². The lowest BCUT2D eigenvalue weighted by Crippen LogP contribution is -2.47. The van der Waals surface area contributed by atoms with Crippen molar-refractivity contribution in [3.8, 4) is 0 Å². The molecule has 0 saturated carbocycles. The van der Waals surface area contributed by atoms with Gasteiger partial charge in [0.05, 0.1) is 7.11 Å². The van der Waals surface area contributed by atoms with Gasteiger partial charge in [0.15, 0.2) is 0 Å². The van der Waals surface area contributed by atoms with Gasteiger partial charge in [0, 0.05) is 17.4 Å². The maximum absolute atomic E-state index is 11.4. The zero-order valence-electron chi connectivity index (χ0n) is 9.74. The Hall–Kier alpha value is -0.560. The number of nitrogens with one attached hydrogen (secondary N) is 2. The first-order chi connectivity index (χ1) is 7.65. The monoisotopic (exact) mass is 266 g/mol. The van der Waals surface area contributed by atoms with Crippen LogP contribution in [-0.2, 0) is 9.53 Å². The van der Waals surface area contributed by atoms with Gasteiger partial charge in [-0.25, -0.2) is 9.59 Å². The molecule has 1 atom stereocenters. The van der Waals surface area contributed by atoms with Crippen LogP contribution in [-0.4, -0.2) is 48.8 Å². The second-order valence-electron chi connectivity index (χ2n) is 2.86. The van der Waals surface area contributed by atoms with Gasteiger partial charge < -0.3 is 15.4 Å². The standard InChI is InChI=1S/C9H18N2O3S2/c1-4-10-9(13)11-7(8(12)14-2)5-16-6-15-3/h7H,4-6H2,1-3H3,(H2,10,11,13)/t7-/m1/s1. The Morgan fingerprint density at radius 1 is 1.44 bits per heavy atom. The third-order valence-corrected chi connectivity index (χ3v) is 3.79. The summed E-state index contributed by atoms with van der Waals surface area (Å²) in [5.41, 5.74) is 0. The molecule has 0 aliphatic carbocycles. The smallest absolute Gasteiger partial charge is 0.329 e. The number of carbonyl (C=O) groups excluding carboxylic acids is 2. The van der Waals surface area contributed by atoms with Gasteiger partial charge in [0.25, 0.3) is 0 Å². The molecule has 7 heteroatoms. The summed E-state index contributed by atoms with van der Waals surface area (Å²) >= 11 is 3.26.